The predicted molar refractivity (Wildman–Crippen MR) is 53.0 cm³/mol. The van der Waals surface area contributed by atoms with Gasteiger partial charge in [-0.15, -0.1) is 0 Å². The number of hydrogen-bond donors (Lipinski definition) is 0. The van der Waals surface area contributed by atoms with Crippen LogP contribution in [0.25, 0.3) is 0 Å². The van der Waals surface area contributed by atoms with Crippen LogP contribution in [0, 0.1) is 5.82 Å². The molecule has 0 aromatic heterocycles. The Kier molecular flexibility index (Phi) is 2.16. The first-order chi connectivity index (χ1) is 6.18. The SMILES string of the molecule is CN1CCCc2cc(Cl)c(F)cc21. The van der Waals surface area contributed by atoms with Gasteiger partial charge in [0.25, 0.3) is 0 Å². The number of hydrogen-bond acceptors (Lipinski definition) is 1. The zero-order chi connectivity index (χ0) is 9.42. The van der Waals surface area contributed by atoms with Crippen LogP contribution < -0.4 is 4.90 Å². The number of nitrogens with zero attached hydrogens (tertiary/aromatic N) is 1. The highest BCUT2D eigenvalue weighted by molar-refractivity contribution is 6.30. The summed E-state index contributed by atoms with van der Waals surface area (Å²) in [6.45, 7) is 0.994. The molecule has 1 aromatic rings. The molecule has 1 aliphatic heterocycles. The molecule has 1 aromatic carbocycles. The zero-order valence-corrected chi connectivity index (χ0v) is 8.24. The summed E-state index contributed by atoms with van der Waals surface area (Å²) < 4.78 is 13.1. The van der Waals surface area contributed by atoms with Crippen molar-refractivity contribution in [2.45, 2.75) is 12.8 Å². The van der Waals surface area contributed by atoms with Gasteiger partial charge in [0.05, 0.1) is 5.02 Å². The lowest BCUT2D eigenvalue weighted by Crippen LogP contribution is -2.24. The lowest BCUT2D eigenvalue weighted by atomic mass is 10.0. The highest BCUT2D eigenvalue weighted by atomic mass is 35.5. The van der Waals surface area contributed by atoms with Gasteiger partial charge in [0.15, 0.2) is 0 Å². The van der Waals surface area contributed by atoms with Crippen molar-refractivity contribution in [3.63, 3.8) is 0 Å². The molecule has 0 aliphatic carbocycles. The summed E-state index contributed by atoms with van der Waals surface area (Å²) in [7, 11) is 1.98. The fourth-order valence-corrected chi connectivity index (χ4v) is 1.95. The van der Waals surface area contributed by atoms with Gasteiger partial charge in [-0.2, -0.15) is 0 Å². The summed E-state index contributed by atoms with van der Waals surface area (Å²) in [6.07, 6.45) is 2.12. The summed E-state index contributed by atoms with van der Waals surface area (Å²) in [6, 6.07) is 3.26. The smallest absolute Gasteiger partial charge is 0.143 e. The molecule has 3 heteroatoms. The van der Waals surface area contributed by atoms with Gasteiger partial charge < -0.3 is 4.90 Å². The Morgan fingerprint density at radius 1 is 1.46 bits per heavy atom. The van der Waals surface area contributed by atoms with Crippen LogP contribution in [0.1, 0.15) is 12.0 Å². The summed E-state index contributed by atoms with van der Waals surface area (Å²) in [5.41, 5.74) is 2.13. The van der Waals surface area contributed by atoms with Crippen LogP contribution >= 0.6 is 11.6 Å². The van der Waals surface area contributed by atoms with Gasteiger partial charge in [-0.3, -0.25) is 0 Å². The number of rotatable bonds is 0. The molecule has 1 aliphatic rings. The molecule has 0 fully saturated rings. The maximum Gasteiger partial charge on any atom is 0.143 e. The molecule has 0 spiro atoms. The van der Waals surface area contributed by atoms with Crippen LogP contribution in [0.3, 0.4) is 0 Å². The molecule has 0 bridgehead atoms. The summed E-state index contributed by atoms with van der Waals surface area (Å²) in [4.78, 5) is 2.07. The van der Waals surface area contributed by atoms with Gasteiger partial charge >= 0.3 is 0 Å². The Morgan fingerprint density at radius 3 is 3.00 bits per heavy atom. The Bertz CT molecular complexity index is 338. The first kappa shape index (κ1) is 8.82. The molecule has 0 radical (unpaired) electrons. The van der Waals surface area contributed by atoms with E-state index >= 15 is 0 Å². The Hall–Kier alpha value is -0.760. The predicted octanol–water partition coefficient (Wildman–Crippen LogP) is 2.86. The van der Waals surface area contributed by atoms with Crippen LogP contribution in [-0.2, 0) is 6.42 Å². The summed E-state index contributed by atoms with van der Waals surface area (Å²) in [5, 5.41) is 0.231. The minimum absolute atomic E-state index is 0.231. The second-order valence-electron chi connectivity index (χ2n) is 3.42. The third-order valence-electron chi connectivity index (χ3n) is 2.47. The van der Waals surface area contributed by atoms with E-state index in [9.17, 15) is 4.39 Å². The van der Waals surface area contributed by atoms with Gasteiger partial charge in [-0.1, -0.05) is 11.6 Å². The van der Waals surface area contributed by atoms with Crippen molar-refractivity contribution in [3.8, 4) is 0 Å². The molecule has 0 unspecified atom stereocenters. The van der Waals surface area contributed by atoms with Gasteiger partial charge in [-0.05, 0) is 30.5 Å². The monoisotopic (exact) mass is 199 g/mol. The topological polar surface area (TPSA) is 3.24 Å². The number of aryl methyl sites for hydroxylation is 1. The number of fused-ring (bicyclic) bond motifs is 1. The van der Waals surface area contributed by atoms with E-state index < -0.39 is 0 Å². The van der Waals surface area contributed by atoms with E-state index in [0.717, 1.165) is 30.6 Å². The van der Waals surface area contributed by atoms with Crippen molar-refractivity contribution in [1.82, 2.24) is 0 Å². The lowest BCUT2D eigenvalue weighted by Gasteiger charge is -2.27. The Labute approximate surface area is 82.1 Å². The third-order valence-corrected chi connectivity index (χ3v) is 2.76. The molecule has 0 N–H and O–H groups in total. The van der Waals surface area contributed by atoms with E-state index in [0.29, 0.717) is 0 Å². The number of benzene rings is 1. The van der Waals surface area contributed by atoms with E-state index in [2.05, 4.69) is 4.90 Å². The average Bonchev–Trinajstić information content (AvgIpc) is 2.09. The van der Waals surface area contributed by atoms with Gasteiger partial charge in [0.2, 0.25) is 0 Å². The maximum absolute atomic E-state index is 13.1. The summed E-state index contributed by atoms with van der Waals surface area (Å²) >= 11 is 5.70. The molecular formula is C10H11ClFN. The molecule has 0 amide bonds. The molecule has 0 saturated carbocycles. The van der Waals surface area contributed by atoms with Crippen LogP contribution in [0.15, 0.2) is 12.1 Å². The van der Waals surface area contributed by atoms with E-state index in [1.807, 2.05) is 7.05 Å². The minimum atomic E-state index is -0.325. The fraction of sp³-hybridized carbons (Fsp3) is 0.400. The second kappa shape index (κ2) is 3.18. The van der Waals surface area contributed by atoms with E-state index in [1.54, 1.807) is 6.07 Å². The van der Waals surface area contributed by atoms with Crippen LogP contribution in [0.4, 0.5) is 10.1 Å². The molecule has 70 valence electrons. The highest BCUT2D eigenvalue weighted by Crippen LogP contribution is 2.30. The van der Waals surface area contributed by atoms with Gasteiger partial charge in [-0.25, -0.2) is 4.39 Å². The van der Waals surface area contributed by atoms with E-state index in [1.165, 1.54) is 6.07 Å². The third kappa shape index (κ3) is 1.51. The second-order valence-corrected chi connectivity index (χ2v) is 3.83. The largest absolute Gasteiger partial charge is 0.374 e. The first-order valence-corrected chi connectivity index (χ1v) is 4.75. The lowest BCUT2D eigenvalue weighted by molar-refractivity contribution is 0.623. The van der Waals surface area contributed by atoms with Crippen molar-refractivity contribution in [3.05, 3.63) is 28.5 Å². The molecule has 1 heterocycles. The van der Waals surface area contributed by atoms with E-state index in [-0.39, 0.29) is 10.8 Å². The fourth-order valence-electron chi connectivity index (χ4n) is 1.76. The van der Waals surface area contributed by atoms with Crippen molar-refractivity contribution in [2.75, 3.05) is 18.5 Å². The Balaban J connectivity index is 2.52. The van der Waals surface area contributed by atoms with Crippen molar-refractivity contribution in [2.24, 2.45) is 0 Å². The van der Waals surface area contributed by atoms with Crippen LogP contribution in [0.5, 0.6) is 0 Å². The zero-order valence-electron chi connectivity index (χ0n) is 7.48. The van der Waals surface area contributed by atoms with E-state index in [4.69, 9.17) is 11.6 Å². The quantitative estimate of drug-likeness (QED) is 0.621. The molecule has 2 rings (SSSR count). The standard InChI is InChI=1S/C10H11ClFN/c1-13-4-2-3-7-5-8(11)9(12)6-10(7)13/h5-6H,2-4H2,1H3. The maximum atomic E-state index is 13.1. The normalized spacial score (nSPS) is 15.8. The number of anilines is 1. The summed E-state index contributed by atoms with van der Waals surface area (Å²) in [5.74, 6) is -0.325. The van der Waals surface area contributed by atoms with Crippen LogP contribution in [-0.4, -0.2) is 13.6 Å². The molecular weight excluding hydrogens is 189 g/mol. The molecule has 1 nitrogen and oxygen atoms in total. The van der Waals surface area contributed by atoms with Crippen molar-refractivity contribution >= 4 is 17.3 Å². The van der Waals surface area contributed by atoms with Gasteiger partial charge in [0, 0.05) is 19.3 Å². The highest BCUT2D eigenvalue weighted by Gasteiger charge is 2.15. The molecule has 0 saturated heterocycles. The van der Waals surface area contributed by atoms with Crippen molar-refractivity contribution < 1.29 is 4.39 Å². The minimum Gasteiger partial charge on any atom is -0.374 e. The van der Waals surface area contributed by atoms with Crippen LogP contribution in [0.2, 0.25) is 5.02 Å². The number of halogens is 2. The van der Waals surface area contributed by atoms with Gasteiger partial charge in [0.1, 0.15) is 5.82 Å². The first-order valence-electron chi connectivity index (χ1n) is 4.37. The molecule has 13 heavy (non-hydrogen) atoms. The van der Waals surface area contributed by atoms with Crippen molar-refractivity contribution in [1.29, 1.82) is 0 Å². The molecule has 0 atom stereocenters. The average molecular weight is 200 g/mol. The Morgan fingerprint density at radius 2 is 2.23 bits per heavy atom.